The number of aryl methyl sites for hydroxylation is 1. The third kappa shape index (κ3) is 3.93. The van der Waals surface area contributed by atoms with Gasteiger partial charge in [-0.3, -0.25) is 4.98 Å². The predicted molar refractivity (Wildman–Crippen MR) is 71.6 cm³/mol. The number of rotatable bonds is 6. The lowest BCUT2D eigenvalue weighted by Crippen LogP contribution is -2.18. The highest BCUT2D eigenvalue weighted by molar-refractivity contribution is 7.99. The second-order valence-electron chi connectivity index (χ2n) is 3.73. The van der Waals surface area contributed by atoms with Crippen LogP contribution < -0.4 is 10.1 Å². The molecule has 1 N–H and O–H groups in total. The molecule has 0 aliphatic rings. The molecule has 0 saturated heterocycles. The fraction of sp³-hybridized carbons (Fsp3) is 0.583. The fourth-order valence-corrected chi connectivity index (χ4v) is 2.10. The molecule has 1 aromatic rings. The molecule has 0 saturated carbocycles. The van der Waals surface area contributed by atoms with Crippen molar-refractivity contribution in [2.45, 2.75) is 26.8 Å². The summed E-state index contributed by atoms with van der Waals surface area (Å²) < 4.78 is 5.27. The van der Waals surface area contributed by atoms with Crippen molar-refractivity contribution in [3.8, 4) is 5.75 Å². The third-order valence-corrected chi connectivity index (χ3v) is 3.34. The number of thioether (sulfide) groups is 1. The summed E-state index contributed by atoms with van der Waals surface area (Å²) in [5, 5.41) is 3.45. The summed E-state index contributed by atoms with van der Waals surface area (Å²) in [5.41, 5.74) is 2.03. The van der Waals surface area contributed by atoms with Gasteiger partial charge < -0.3 is 10.1 Å². The standard InChI is InChI=1S/C12H20N2OS/c1-5-16-8-10(3)14-11-6-9(2)13-7-12(11)15-4/h6-7,10H,5,8H2,1-4H3,(H,13,14). The van der Waals surface area contributed by atoms with Crippen LogP contribution in [0, 0.1) is 6.92 Å². The summed E-state index contributed by atoms with van der Waals surface area (Å²) in [4.78, 5) is 4.21. The van der Waals surface area contributed by atoms with Crippen molar-refractivity contribution in [3.63, 3.8) is 0 Å². The van der Waals surface area contributed by atoms with Crippen molar-refractivity contribution in [1.82, 2.24) is 4.98 Å². The Morgan fingerprint density at radius 2 is 2.31 bits per heavy atom. The first-order valence-corrected chi connectivity index (χ1v) is 6.67. The van der Waals surface area contributed by atoms with Gasteiger partial charge in [0.15, 0.2) is 5.75 Å². The molecule has 1 aromatic heterocycles. The van der Waals surface area contributed by atoms with Crippen LogP contribution in [0.1, 0.15) is 19.5 Å². The molecule has 3 nitrogen and oxygen atoms in total. The number of hydrogen-bond acceptors (Lipinski definition) is 4. The van der Waals surface area contributed by atoms with Gasteiger partial charge in [-0.1, -0.05) is 6.92 Å². The number of nitrogens with one attached hydrogen (secondary N) is 1. The van der Waals surface area contributed by atoms with Crippen molar-refractivity contribution in [1.29, 1.82) is 0 Å². The number of methoxy groups -OCH3 is 1. The SMILES string of the molecule is CCSCC(C)Nc1cc(C)ncc1OC. The topological polar surface area (TPSA) is 34.2 Å². The van der Waals surface area contributed by atoms with Crippen molar-refractivity contribution in [2.24, 2.45) is 0 Å². The van der Waals surface area contributed by atoms with Crippen LogP contribution in [0.2, 0.25) is 0 Å². The predicted octanol–water partition coefficient (Wildman–Crippen LogP) is 2.95. The average Bonchev–Trinajstić information content (AvgIpc) is 2.27. The maximum atomic E-state index is 5.27. The van der Waals surface area contributed by atoms with Crippen LogP contribution in [0.5, 0.6) is 5.75 Å². The van der Waals surface area contributed by atoms with Crippen LogP contribution in [-0.4, -0.2) is 29.6 Å². The van der Waals surface area contributed by atoms with Crippen LogP contribution in [0.15, 0.2) is 12.3 Å². The molecule has 4 heteroatoms. The van der Waals surface area contributed by atoms with E-state index in [9.17, 15) is 0 Å². The van der Waals surface area contributed by atoms with E-state index in [0.717, 1.165) is 28.6 Å². The summed E-state index contributed by atoms with van der Waals surface area (Å²) in [7, 11) is 1.67. The van der Waals surface area contributed by atoms with Gasteiger partial charge in [0.25, 0.3) is 0 Å². The Kier molecular flexibility index (Phi) is 5.46. The van der Waals surface area contributed by atoms with Gasteiger partial charge in [0, 0.05) is 17.5 Å². The fourth-order valence-electron chi connectivity index (χ4n) is 1.42. The van der Waals surface area contributed by atoms with Crippen molar-refractivity contribution < 1.29 is 4.74 Å². The molecule has 1 heterocycles. The van der Waals surface area contributed by atoms with E-state index >= 15 is 0 Å². The Balaban J connectivity index is 2.67. The molecular weight excluding hydrogens is 220 g/mol. The van der Waals surface area contributed by atoms with Gasteiger partial charge in [-0.15, -0.1) is 0 Å². The maximum Gasteiger partial charge on any atom is 0.160 e. The number of nitrogens with zero attached hydrogens (tertiary/aromatic N) is 1. The summed E-state index contributed by atoms with van der Waals surface area (Å²) >= 11 is 1.93. The molecule has 0 spiro atoms. The van der Waals surface area contributed by atoms with Crippen molar-refractivity contribution in [2.75, 3.05) is 23.9 Å². The lowest BCUT2D eigenvalue weighted by Gasteiger charge is -2.17. The van der Waals surface area contributed by atoms with Crippen molar-refractivity contribution >= 4 is 17.4 Å². The largest absolute Gasteiger partial charge is 0.493 e. The van der Waals surface area contributed by atoms with Gasteiger partial charge >= 0.3 is 0 Å². The van der Waals surface area contributed by atoms with E-state index in [1.54, 1.807) is 13.3 Å². The van der Waals surface area contributed by atoms with E-state index < -0.39 is 0 Å². The zero-order valence-corrected chi connectivity index (χ0v) is 11.2. The molecule has 1 unspecified atom stereocenters. The van der Waals surface area contributed by atoms with Gasteiger partial charge in [0.05, 0.1) is 19.0 Å². The Labute approximate surface area is 102 Å². The first-order chi connectivity index (χ1) is 7.67. The van der Waals surface area contributed by atoms with E-state index in [-0.39, 0.29) is 0 Å². The highest BCUT2D eigenvalue weighted by Crippen LogP contribution is 2.24. The van der Waals surface area contributed by atoms with E-state index in [1.165, 1.54) is 0 Å². The molecule has 0 radical (unpaired) electrons. The van der Waals surface area contributed by atoms with Crippen LogP contribution in [0.3, 0.4) is 0 Å². The first kappa shape index (κ1) is 13.2. The second kappa shape index (κ2) is 6.63. The highest BCUT2D eigenvalue weighted by Gasteiger charge is 2.07. The van der Waals surface area contributed by atoms with Gasteiger partial charge in [0.1, 0.15) is 0 Å². The summed E-state index contributed by atoms with van der Waals surface area (Å²) in [6.07, 6.45) is 1.76. The Morgan fingerprint density at radius 1 is 1.56 bits per heavy atom. The van der Waals surface area contributed by atoms with Gasteiger partial charge in [-0.2, -0.15) is 11.8 Å². The summed E-state index contributed by atoms with van der Waals surface area (Å²) in [5.74, 6) is 3.05. The zero-order valence-electron chi connectivity index (χ0n) is 10.4. The highest BCUT2D eigenvalue weighted by atomic mass is 32.2. The van der Waals surface area contributed by atoms with Gasteiger partial charge in [-0.05, 0) is 25.7 Å². The molecular formula is C12H20N2OS. The van der Waals surface area contributed by atoms with E-state index in [0.29, 0.717) is 6.04 Å². The molecule has 0 aliphatic carbocycles. The van der Waals surface area contributed by atoms with Gasteiger partial charge in [0.2, 0.25) is 0 Å². The van der Waals surface area contributed by atoms with E-state index in [4.69, 9.17) is 4.74 Å². The minimum absolute atomic E-state index is 0.431. The van der Waals surface area contributed by atoms with E-state index in [1.807, 2.05) is 24.8 Å². The smallest absolute Gasteiger partial charge is 0.160 e. The molecule has 16 heavy (non-hydrogen) atoms. The van der Waals surface area contributed by atoms with Crippen LogP contribution in [0.4, 0.5) is 5.69 Å². The molecule has 1 atom stereocenters. The maximum absolute atomic E-state index is 5.27. The minimum Gasteiger partial charge on any atom is -0.493 e. The molecule has 0 aromatic carbocycles. The quantitative estimate of drug-likeness (QED) is 0.829. The molecule has 1 rings (SSSR count). The third-order valence-electron chi connectivity index (χ3n) is 2.20. The number of hydrogen-bond donors (Lipinski definition) is 1. The number of aromatic nitrogens is 1. The summed E-state index contributed by atoms with van der Waals surface area (Å²) in [6, 6.07) is 2.45. The molecule has 0 fully saturated rings. The number of anilines is 1. The minimum atomic E-state index is 0.431. The lowest BCUT2D eigenvalue weighted by atomic mass is 10.3. The van der Waals surface area contributed by atoms with Crippen molar-refractivity contribution in [3.05, 3.63) is 18.0 Å². The summed E-state index contributed by atoms with van der Waals surface area (Å²) in [6.45, 7) is 6.34. The monoisotopic (exact) mass is 240 g/mol. The lowest BCUT2D eigenvalue weighted by molar-refractivity contribution is 0.414. The molecule has 0 aliphatic heterocycles. The van der Waals surface area contributed by atoms with Crippen LogP contribution in [-0.2, 0) is 0 Å². The Bertz CT molecular complexity index is 331. The Hall–Kier alpha value is -0.900. The normalized spacial score (nSPS) is 12.2. The van der Waals surface area contributed by atoms with Crippen LogP contribution >= 0.6 is 11.8 Å². The zero-order chi connectivity index (χ0) is 12.0. The number of ether oxygens (including phenoxy) is 1. The van der Waals surface area contributed by atoms with Crippen LogP contribution in [0.25, 0.3) is 0 Å². The average molecular weight is 240 g/mol. The first-order valence-electron chi connectivity index (χ1n) is 5.52. The number of pyridine rings is 1. The van der Waals surface area contributed by atoms with E-state index in [2.05, 4.69) is 24.1 Å². The van der Waals surface area contributed by atoms with Gasteiger partial charge in [-0.25, -0.2) is 0 Å². The molecule has 0 amide bonds. The second-order valence-corrected chi connectivity index (χ2v) is 5.05. The molecule has 0 bridgehead atoms. The Morgan fingerprint density at radius 3 is 2.94 bits per heavy atom. The molecule has 90 valence electrons.